The fourth-order valence-corrected chi connectivity index (χ4v) is 2.45. The molecular formula is C12H18O2. The van der Waals surface area contributed by atoms with Crippen molar-refractivity contribution in [3.63, 3.8) is 0 Å². The fourth-order valence-electron chi connectivity index (χ4n) is 2.45. The fraction of sp³-hybridized carbons (Fsp3) is 0.750. The van der Waals surface area contributed by atoms with Gasteiger partial charge in [0.05, 0.1) is 6.61 Å². The zero-order valence-corrected chi connectivity index (χ0v) is 9.01. The second kappa shape index (κ2) is 3.76. The number of carbonyl (C=O) groups excluding carboxylic acids is 1. The Morgan fingerprint density at radius 1 is 1.43 bits per heavy atom. The maximum atomic E-state index is 11.6. The summed E-state index contributed by atoms with van der Waals surface area (Å²) in [5, 5.41) is 0. The van der Waals surface area contributed by atoms with Gasteiger partial charge in [0, 0.05) is 6.42 Å². The predicted molar refractivity (Wildman–Crippen MR) is 54.8 cm³/mol. The third kappa shape index (κ3) is 1.58. The zero-order chi connectivity index (χ0) is 10.1. The van der Waals surface area contributed by atoms with Crippen molar-refractivity contribution in [3.05, 3.63) is 11.3 Å². The number of carbonyl (C=O) groups is 1. The molecule has 0 radical (unpaired) electrons. The predicted octanol–water partition coefficient (Wildman–Crippen LogP) is 2.69. The van der Waals surface area contributed by atoms with Crippen molar-refractivity contribution in [2.24, 2.45) is 11.8 Å². The van der Waals surface area contributed by atoms with Crippen molar-refractivity contribution in [1.29, 1.82) is 0 Å². The van der Waals surface area contributed by atoms with Crippen molar-refractivity contribution in [3.8, 4) is 0 Å². The highest BCUT2D eigenvalue weighted by Crippen LogP contribution is 2.37. The minimum atomic E-state index is 0.226. The Balaban J connectivity index is 2.22. The number of hydrogen-bond acceptors (Lipinski definition) is 2. The molecule has 2 unspecified atom stereocenters. The van der Waals surface area contributed by atoms with E-state index in [-0.39, 0.29) is 5.78 Å². The first kappa shape index (κ1) is 9.75. The van der Waals surface area contributed by atoms with Gasteiger partial charge in [0.25, 0.3) is 0 Å². The van der Waals surface area contributed by atoms with Crippen molar-refractivity contribution in [2.75, 3.05) is 6.61 Å². The number of Topliss-reactive ketones (excluding diaryl/α,β-unsaturated/α-hetero) is 1. The van der Waals surface area contributed by atoms with Gasteiger partial charge in [-0.3, -0.25) is 4.79 Å². The third-order valence-corrected chi connectivity index (χ3v) is 3.49. The minimum Gasteiger partial charge on any atom is -0.490 e. The van der Waals surface area contributed by atoms with Gasteiger partial charge in [-0.15, -0.1) is 0 Å². The number of ether oxygens (including phenoxy) is 1. The van der Waals surface area contributed by atoms with Crippen molar-refractivity contribution in [2.45, 2.75) is 39.5 Å². The first-order chi connectivity index (χ1) is 6.72. The van der Waals surface area contributed by atoms with E-state index in [0.29, 0.717) is 18.1 Å². The summed E-state index contributed by atoms with van der Waals surface area (Å²) < 4.78 is 5.57. The normalized spacial score (nSPS) is 32.6. The van der Waals surface area contributed by atoms with Gasteiger partial charge >= 0.3 is 0 Å². The van der Waals surface area contributed by atoms with Crippen LogP contribution in [-0.4, -0.2) is 12.4 Å². The Hall–Kier alpha value is -0.790. The summed E-state index contributed by atoms with van der Waals surface area (Å²) in [6.45, 7) is 5.09. The van der Waals surface area contributed by atoms with Crippen LogP contribution in [0.2, 0.25) is 0 Å². The van der Waals surface area contributed by atoms with E-state index >= 15 is 0 Å². The second-order valence-corrected chi connectivity index (χ2v) is 4.50. The summed E-state index contributed by atoms with van der Waals surface area (Å²) in [6, 6.07) is 0. The molecule has 2 atom stereocenters. The van der Waals surface area contributed by atoms with E-state index in [1.165, 1.54) is 12.0 Å². The molecule has 0 fully saturated rings. The molecule has 0 aromatic heterocycles. The average molecular weight is 194 g/mol. The first-order valence-electron chi connectivity index (χ1n) is 5.61. The SMILES string of the molecule is CCC1CCOC2=C(C1)C(C)CC2=O. The Bertz CT molecular complexity index is 278. The third-order valence-electron chi connectivity index (χ3n) is 3.49. The molecule has 14 heavy (non-hydrogen) atoms. The zero-order valence-electron chi connectivity index (χ0n) is 9.01. The molecule has 0 bridgehead atoms. The van der Waals surface area contributed by atoms with Gasteiger partial charge in [-0.2, -0.15) is 0 Å². The molecule has 1 aliphatic carbocycles. The van der Waals surface area contributed by atoms with Crippen LogP contribution in [0.5, 0.6) is 0 Å². The lowest BCUT2D eigenvalue weighted by Gasteiger charge is -2.13. The molecule has 2 rings (SSSR count). The Morgan fingerprint density at radius 2 is 2.21 bits per heavy atom. The summed E-state index contributed by atoms with van der Waals surface area (Å²) in [7, 11) is 0. The number of rotatable bonds is 1. The van der Waals surface area contributed by atoms with E-state index in [1.807, 2.05) is 0 Å². The van der Waals surface area contributed by atoms with E-state index in [4.69, 9.17) is 4.74 Å². The lowest BCUT2D eigenvalue weighted by molar-refractivity contribution is -0.118. The van der Waals surface area contributed by atoms with Crippen molar-refractivity contribution < 1.29 is 9.53 Å². The average Bonchev–Trinajstić information content (AvgIpc) is 2.41. The van der Waals surface area contributed by atoms with Crippen LogP contribution >= 0.6 is 0 Å². The van der Waals surface area contributed by atoms with Crippen molar-refractivity contribution >= 4 is 5.78 Å². The molecular weight excluding hydrogens is 176 g/mol. The van der Waals surface area contributed by atoms with Crippen LogP contribution in [0.3, 0.4) is 0 Å². The highest BCUT2D eigenvalue weighted by molar-refractivity contribution is 5.97. The molecule has 1 aliphatic heterocycles. The molecule has 2 heteroatoms. The van der Waals surface area contributed by atoms with Crippen LogP contribution in [0.15, 0.2) is 11.3 Å². The monoisotopic (exact) mass is 194 g/mol. The summed E-state index contributed by atoms with van der Waals surface area (Å²) in [4.78, 5) is 11.6. The van der Waals surface area contributed by atoms with E-state index in [2.05, 4.69) is 13.8 Å². The number of hydrogen-bond donors (Lipinski definition) is 0. The van der Waals surface area contributed by atoms with E-state index in [0.717, 1.165) is 25.4 Å². The molecule has 0 saturated carbocycles. The molecule has 0 aromatic rings. The van der Waals surface area contributed by atoms with Gasteiger partial charge in [0.2, 0.25) is 0 Å². The molecule has 0 N–H and O–H groups in total. The quantitative estimate of drug-likeness (QED) is 0.641. The topological polar surface area (TPSA) is 26.3 Å². The Kier molecular flexibility index (Phi) is 2.62. The molecule has 78 valence electrons. The molecule has 0 spiro atoms. The largest absolute Gasteiger partial charge is 0.490 e. The Morgan fingerprint density at radius 3 is 2.93 bits per heavy atom. The summed E-state index contributed by atoms with van der Waals surface area (Å²) in [5.74, 6) is 2.08. The molecule has 2 aliphatic rings. The van der Waals surface area contributed by atoms with Crippen LogP contribution < -0.4 is 0 Å². The van der Waals surface area contributed by atoms with Gasteiger partial charge in [-0.1, -0.05) is 20.3 Å². The van der Waals surface area contributed by atoms with Gasteiger partial charge in [-0.05, 0) is 30.3 Å². The summed E-state index contributed by atoms with van der Waals surface area (Å²) in [6.07, 6.45) is 4.05. The van der Waals surface area contributed by atoms with E-state index in [1.54, 1.807) is 0 Å². The highest BCUT2D eigenvalue weighted by atomic mass is 16.5. The standard InChI is InChI=1S/C12H18O2/c1-3-9-4-5-14-12-10(7-9)8(2)6-11(12)13/h8-9H,3-7H2,1-2H3. The van der Waals surface area contributed by atoms with E-state index < -0.39 is 0 Å². The number of allylic oxidation sites excluding steroid dienone is 2. The lowest BCUT2D eigenvalue weighted by atomic mass is 9.90. The van der Waals surface area contributed by atoms with Crippen molar-refractivity contribution in [1.82, 2.24) is 0 Å². The molecule has 0 aromatic carbocycles. The van der Waals surface area contributed by atoms with Crippen LogP contribution in [0, 0.1) is 11.8 Å². The first-order valence-corrected chi connectivity index (χ1v) is 5.61. The molecule has 2 nitrogen and oxygen atoms in total. The molecule has 1 heterocycles. The summed E-state index contributed by atoms with van der Waals surface area (Å²) >= 11 is 0. The van der Waals surface area contributed by atoms with Crippen LogP contribution in [0.25, 0.3) is 0 Å². The maximum absolute atomic E-state index is 11.6. The minimum absolute atomic E-state index is 0.226. The van der Waals surface area contributed by atoms with Gasteiger partial charge < -0.3 is 4.74 Å². The summed E-state index contributed by atoms with van der Waals surface area (Å²) in [5.41, 5.74) is 1.29. The molecule has 0 amide bonds. The number of ketones is 1. The second-order valence-electron chi connectivity index (χ2n) is 4.50. The van der Waals surface area contributed by atoms with Gasteiger partial charge in [-0.25, -0.2) is 0 Å². The molecule has 0 saturated heterocycles. The van der Waals surface area contributed by atoms with Gasteiger partial charge in [0.15, 0.2) is 11.5 Å². The van der Waals surface area contributed by atoms with Gasteiger partial charge in [0.1, 0.15) is 0 Å². The van der Waals surface area contributed by atoms with Crippen LogP contribution in [0.1, 0.15) is 39.5 Å². The maximum Gasteiger partial charge on any atom is 0.197 e. The van der Waals surface area contributed by atoms with E-state index in [9.17, 15) is 4.79 Å². The van der Waals surface area contributed by atoms with Crippen LogP contribution in [-0.2, 0) is 9.53 Å². The van der Waals surface area contributed by atoms with Crippen LogP contribution in [0.4, 0.5) is 0 Å². The lowest BCUT2D eigenvalue weighted by Crippen LogP contribution is -2.05. The highest BCUT2D eigenvalue weighted by Gasteiger charge is 2.33. The Labute approximate surface area is 85.3 Å². The smallest absolute Gasteiger partial charge is 0.197 e.